The predicted molar refractivity (Wildman–Crippen MR) is 160 cm³/mol. The Morgan fingerprint density at radius 1 is 1.00 bits per heavy atom. The topological polar surface area (TPSA) is 137 Å². The Hall–Kier alpha value is -4.28. The Labute approximate surface area is 258 Å². The van der Waals surface area contributed by atoms with Crippen LogP contribution in [-0.4, -0.2) is 53.1 Å². The van der Waals surface area contributed by atoms with Gasteiger partial charge < -0.3 is 30.7 Å². The molecule has 2 aliphatic rings. The summed E-state index contributed by atoms with van der Waals surface area (Å²) in [6, 6.07) is 16.5. The number of nitrogens with one attached hydrogen (secondary N) is 3. The van der Waals surface area contributed by atoms with E-state index in [1.54, 1.807) is 12.1 Å². The van der Waals surface area contributed by atoms with E-state index in [2.05, 4.69) is 16.0 Å². The summed E-state index contributed by atoms with van der Waals surface area (Å²) in [6.07, 6.45) is 0.839. The van der Waals surface area contributed by atoms with E-state index in [1.165, 1.54) is 16.5 Å². The third-order valence-electron chi connectivity index (χ3n) is 7.62. The van der Waals surface area contributed by atoms with Gasteiger partial charge in [0, 0.05) is 13.1 Å². The monoisotopic (exact) mass is 624 g/mol. The smallest absolute Gasteiger partial charge is 0.407 e. The van der Waals surface area contributed by atoms with E-state index in [0.29, 0.717) is 17.5 Å². The summed E-state index contributed by atoms with van der Waals surface area (Å²) < 4.78 is 5.47. The number of carbonyl (C=O) groups is 4. The summed E-state index contributed by atoms with van der Waals surface area (Å²) in [5.74, 6) is -1.49. The van der Waals surface area contributed by atoms with Gasteiger partial charge in [-0.15, -0.1) is 0 Å². The molecule has 0 radical (unpaired) electrons. The van der Waals surface area contributed by atoms with Crippen LogP contribution in [-0.2, 0) is 35.5 Å². The van der Waals surface area contributed by atoms with E-state index in [9.17, 15) is 24.3 Å². The van der Waals surface area contributed by atoms with Crippen LogP contribution < -0.4 is 16.0 Å². The quantitative estimate of drug-likeness (QED) is 0.264. The molecule has 4 amide bonds. The van der Waals surface area contributed by atoms with Crippen molar-refractivity contribution in [3.8, 4) is 0 Å². The van der Waals surface area contributed by atoms with Crippen molar-refractivity contribution in [3.05, 3.63) is 104 Å². The van der Waals surface area contributed by atoms with Gasteiger partial charge in [0.1, 0.15) is 12.6 Å². The van der Waals surface area contributed by atoms with Crippen molar-refractivity contribution in [3.63, 3.8) is 0 Å². The summed E-state index contributed by atoms with van der Waals surface area (Å²) in [7, 11) is 0. The van der Waals surface area contributed by atoms with Crippen LogP contribution in [0.2, 0.25) is 10.0 Å². The lowest BCUT2D eigenvalue weighted by Gasteiger charge is -2.28. The number of hydrogen-bond acceptors (Lipinski definition) is 5. The van der Waals surface area contributed by atoms with Gasteiger partial charge in [0.25, 0.3) is 5.91 Å². The van der Waals surface area contributed by atoms with Gasteiger partial charge in [-0.05, 0) is 53.1 Å². The second kappa shape index (κ2) is 13.4. The zero-order valence-electron chi connectivity index (χ0n) is 23.1. The first-order valence-electron chi connectivity index (χ1n) is 13.8. The van der Waals surface area contributed by atoms with Crippen LogP contribution in [0.25, 0.3) is 0 Å². The fourth-order valence-electron chi connectivity index (χ4n) is 5.39. The molecule has 1 heterocycles. The van der Waals surface area contributed by atoms with E-state index in [1.807, 2.05) is 42.5 Å². The highest BCUT2D eigenvalue weighted by molar-refractivity contribution is 6.40. The van der Waals surface area contributed by atoms with E-state index >= 15 is 0 Å². The zero-order chi connectivity index (χ0) is 30.5. The summed E-state index contributed by atoms with van der Waals surface area (Å²) >= 11 is 13.1. The number of aryl methyl sites for hydroxylation is 1. The van der Waals surface area contributed by atoms with Gasteiger partial charge in [-0.1, -0.05) is 77.8 Å². The lowest BCUT2D eigenvalue weighted by molar-refractivity contribution is -0.147. The van der Waals surface area contributed by atoms with Gasteiger partial charge in [0.15, 0.2) is 0 Å². The maximum atomic E-state index is 13.5. The number of nitrogens with zero attached hydrogens (tertiary/aromatic N) is 1. The van der Waals surface area contributed by atoms with Crippen molar-refractivity contribution in [1.82, 2.24) is 20.9 Å². The lowest BCUT2D eigenvalue weighted by atomic mass is 9.96. The number of carboxylic acid groups (broad SMARTS) is 1. The highest BCUT2D eigenvalue weighted by Gasteiger charge is 2.30. The van der Waals surface area contributed by atoms with Crippen LogP contribution in [0.4, 0.5) is 9.59 Å². The standard InChI is InChI=1S/C31H30Cl2N4O6/c32-23-14-20-16-37(31(41)42)13-12-22(20)27(33)26(23)28(38)35-25(29(39)43-17-18-6-2-1-3-7-18)15-34-30(40)36-24-11-10-19-8-4-5-9-21(19)24/h1-9,14,24-25H,10-13,15-17H2,(H,35,38)(H,41,42)(H2,34,36,40)/t24-,25+/m1/s1. The Balaban J connectivity index is 1.30. The van der Waals surface area contributed by atoms with Crippen LogP contribution in [0.3, 0.4) is 0 Å². The van der Waals surface area contributed by atoms with Gasteiger partial charge in [0.05, 0.1) is 28.2 Å². The van der Waals surface area contributed by atoms with Crippen molar-refractivity contribution in [1.29, 1.82) is 0 Å². The van der Waals surface area contributed by atoms with Crippen molar-refractivity contribution >= 4 is 47.2 Å². The molecule has 3 aromatic carbocycles. The highest BCUT2D eigenvalue weighted by atomic mass is 35.5. The lowest BCUT2D eigenvalue weighted by Crippen LogP contribution is -2.51. The first-order valence-corrected chi connectivity index (χ1v) is 14.6. The number of rotatable bonds is 8. The molecular weight excluding hydrogens is 595 g/mol. The van der Waals surface area contributed by atoms with Crippen LogP contribution in [0.15, 0.2) is 60.7 Å². The van der Waals surface area contributed by atoms with E-state index in [0.717, 1.165) is 24.0 Å². The van der Waals surface area contributed by atoms with Gasteiger partial charge in [-0.2, -0.15) is 0 Å². The molecular formula is C31H30Cl2N4O6. The SMILES string of the molecule is O=C(NC[C@H](NC(=O)c1c(Cl)cc2c(c1Cl)CCN(C(=O)O)C2)C(=O)OCc1ccccc1)N[C@@H]1CCc2ccccc21. The number of carbonyl (C=O) groups excluding carboxylic acids is 3. The Morgan fingerprint density at radius 2 is 1.74 bits per heavy atom. The molecule has 0 fully saturated rings. The molecule has 43 heavy (non-hydrogen) atoms. The molecule has 224 valence electrons. The number of halogens is 2. The van der Waals surface area contributed by atoms with Crippen LogP contribution in [0.5, 0.6) is 0 Å². The largest absolute Gasteiger partial charge is 0.465 e. The van der Waals surface area contributed by atoms with Gasteiger partial charge in [0.2, 0.25) is 0 Å². The molecule has 0 saturated heterocycles. The molecule has 0 spiro atoms. The Morgan fingerprint density at radius 3 is 2.51 bits per heavy atom. The maximum Gasteiger partial charge on any atom is 0.407 e. The number of ether oxygens (including phenoxy) is 1. The molecule has 12 heteroatoms. The summed E-state index contributed by atoms with van der Waals surface area (Å²) in [6.45, 7) is 0.0134. The molecule has 4 N–H and O–H groups in total. The highest BCUT2D eigenvalue weighted by Crippen LogP contribution is 2.35. The van der Waals surface area contributed by atoms with Crippen LogP contribution in [0.1, 0.15) is 50.6 Å². The third kappa shape index (κ3) is 7.03. The fraction of sp³-hybridized carbons (Fsp3) is 0.290. The molecule has 10 nitrogen and oxygen atoms in total. The van der Waals surface area contributed by atoms with Crippen molar-refractivity contribution in [2.24, 2.45) is 0 Å². The van der Waals surface area contributed by atoms with E-state index in [4.69, 9.17) is 27.9 Å². The predicted octanol–water partition coefficient (Wildman–Crippen LogP) is 4.86. The number of benzene rings is 3. The summed E-state index contributed by atoms with van der Waals surface area (Å²) in [4.78, 5) is 52.1. The van der Waals surface area contributed by atoms with Crippen LogP contribution >= 0.6 is 23.2 Å². The van der Waals surface area contributed by atoms with Crippen molar-refractivity contribution in [2.75, 3.05) is 13.1 Å². The fourth-order valence-corrected chi connectivity index (χ4v) is 6.15. The molecule has 2 atom stereocenters. The van der Waals surface area contributed by atoms with Gasteiger partial charge >= 0.3 is 18.1 Å². The number of fused-ring (bicyclic) bond motifs is 2. The minimum absolute atomic E-state index is 0.00972. The van der Waals surface area contributed by atoms with Gasteiger partial charge in [-0.25, -0.2) is 14.4 Å². The molecule has 1 aliphatic carbocycles. The van der Waals surface area contributed by atoms with Crippen LogP contribution in [0, 0.1) is 0 Å². The molecule has 0 unspecified atom stereocenters. The normalized spacial score (nSPS) is 16.0. The molecule has 1 aliphatic heterocycles. The maximum absolute atomic E-state index is 13.5. The average molecular weight is 626 g/mol. The van der Waals surface area contributed by atoms with E-state index < -0.39 is 30.0 Å². The Kier molecular flexibility index (Phi) is 9.37. The van der Waals surface area contributed by atoms with Crippen molar-refractivity contribution < 1.29 is 29.0 Å². The molecule has 3 aromatic rings. The average Bonchev–Trinajstić information content (AvgIpc) is 3.40. The zero-order valence-corrected chi connectivity index (χ0v) is 24.6. The molecule has 0 bridgehead atoms. The minimum Gasteiger partial charge on any atom is -0.465 e. The molecule has 5 rings (SSSR count). The second-order valence-corrected chi connectivity index (χ2v) is 11.2. The molecule has 0 saturated carbocycles. The second-order valence-electron chi connectivity index (χ2n) is 10.4. The summed E-state index contributed by atoms with van der Waals surface area (Å²) in [5, 5.41) is 17.7. The third-order valence-corrected chi connectivity index (χ3v) is 8.34. The van der Waals surface area contributed by atoms with E-state index in [-0.39, 0.29) is 47.9 Å². The first kappa shape index (κ1) is 30.2. The van der Waals surface area contributed by atoms with Gasteiger partial charge in [-0.3, -0.25) is 4.79 Å². The Bertz CT molecular complexity index is 1550. The molecule has 0 aromatic heterocycles. The number of urea groups is 1. The van der Waals surface area contributed by atoms with Crippen molar-refractivity contribution in [2.45, 2.75) is 44.5 Å². The number of esters is 1. The first-order chi connectivity index (χ1) is 20.7. The number of amides is 4. The minimum atomic E-state index is -1.26. The summed E-state index contributed by atoms with van der Waals surface area (Å²) in [5.41, 5.74) is 4.16. The number of hydrogen-bond donors (Lipinski definition) is 4.